The summed E-state index contributed by atoms with van der Waals surface area (Å²) in [5, 5.41) is 1.49. The molecular weight excluding hydrogens is 138 g/mol. The molecule has 0 unspecified atom stereocenters. The van der Waals surface area contributed by atoms with E-state index in [2.05, 4.69) is 42.2 Å². The summed E-state index contributed by atoms with van der Waals surface area (Å²) in [6.07, 6.45) is 0. The van der Waals surface area contributed by atoms with Crippen LogP contribution in [0, 0.1) is 0 Å². The highest BCUT2D eigenvalue weighted by atomic mass is 28.2. The summed E-state index contributed by atoms with van der Waals surface area (Å²) in [7, 11) is -0.161. The predicted octanol–water partition coefficient (Wildman–Crippen LogP) is 0.00520. The van der Waals surface area contributed by atoms with Crippen molar-refractivity contribution < 1.29 is 0 Å². The van der Waals surface area contributed by atoms with Crippen LogP contribution in [-0.4, -0.2) is 16.2 Å². The van der Waals surface area contributed by atoms with Crippen LogP contribution in [0.15, 0.2) is 30.3 Å². The van der Waals surface area contributed by atoms with Gasteiger partial charge in [0.2, 0.25) is 0 Å². The van der Waals surface area contributed by atoms with Gasteiger partial charge in [0.25, 0.3) is 0 Å². The Balaban J connectivity index is 2.43. The van der Waals surface area contributed by atoms with Crippen molar-refractivity contribution in [3.63, 3.8) is 0 Å². The Morgan fingerprint density at radius 3 is 2.60 bits per heavy atom. The fraction of sp³-hybridized carbons (Fsp3) is 0.250. The summed E-state index contributed by atoms with van der Waals surface area (Å²) in [4.78, 5) is 3.40. The maximum absolute atomic E-state index is 3.40. The molecule has 10 heavy (non-hydrogen) atoms. The first-order valence-electron chi connectivity index (χ1n) is 3.68. The molecule has 0 fully saturated rings. The first kappa shape index (κ1) is 7.50. The molecule has 1 rings (SSSR count). The summed E-state index contributed by atoms with van der Waals surface area (Å²) in [5.41, 5.74) is 0. The van der Waals surface area contributed by atoms with Gasteiger partial charge in [-0.15, -0.1) is 0 Å². The molecule has 2 heteroatoms. The molecule has 0 radical (unpaired) electrons. The third kappa shape index (κ3) is 2.33. The molecule has 0 aliphatic carbocycles. The highest BCUT2D eigenvalue weighted by Crippen LogP contribution is 1.78. The Morgan fingerprint density at radius 1 is 1.30 bits per heavy atom. The smallest absolute Gasteiger partial charge is 0.124 e. The molecular formula is C8H13NSi. The molecule has 0 aliphatic rings. The molecule has 0 bridgehead atoms. The first-order valence-corrected chi connectivity index (χ1v) is 5.09. The van der Waals surface area contributed by atoms with Gasteiger partial charge in [0.15, 0.2) is 0 Å². The molecule has 0 spiro atoms. The maximum atomic E-state index is 3.40. The van der Waals surface area contributed by atoms with Crippen molar-refractivity contribution >= 4 is 14.9 Å². The van der Waals surface area contributed by atoms with Crippen LogP contribution < -0.4 is 10.2 Å². The van der Waals surface area contributed by atoms with Gasteiger partial charge in [-0.2, -0.15) is 0 Å². The lowest BCUT2D eigenvalue weighted by Gasteiger charge is -1.98. The van der Waals surface area contributed by atoms with Crippen molar-refractivity contribution in [3.8, 4) is 0 Å². The minimum absolute atomic E-state index is 0.161. The summed E-state index contributed by atoms with van der Waals surface area (Å²) in [5.74, 6) is 0. The van der Waals surface area contributed by atoms with Gasteiger partial charge < -0.3 is 4.98 Å². The molecule has 1 N–H and O–H groups in total. The Labute approximate surface area is 64.4 Å². The second-order valence-electron chi connectivity index (χ2n) is 2.27. The Hall–Kier alpha value is -0.603. The Kier molecular flexibility index (Phi) is 3.19. The zero-order chi connectivity index (χ0) is 7.23. The highest BCUT2D eigenvalue weighted by Gasteiger charge is 1.87. The average Bonchev–Trinajstić information content (AvgIpc) is 2.03. The fourth-order valence-corrected chi connectivity index (χ4v) is 1.91. The Bertz CT molecular complexity index is 174. The van der Waals surface area contributed by atoms with Crippen molar-refractivity contribution in [1.29, 1.82) is 0 Å². The molecule has 0 saturated carbocycles. The molecule has 0 amide bonds. The van der Waals surface area contributed by atoms with Gasteiger partial charge in [0.1, 0.15) is 9.68 Å². The van der Waals surface area contributed by atoms with Gasteiger partial charge in [0.05, 0.1) is 0 Å². The van der Waals surface area contributed by atoms with Crippen LogP contribution in [0.5, 0.6) is 0 Å². The molecule has 1 aromatic rings. The van der Waals surface area contributed by atoms with E-state index in [0.29, 0.717) is 0 Å². The normalized spacial score (nSPS) is 10.9. The van der Waals surface area contributed by atoms with Crippen LogP contribution in [0.2, 0.25) is 0 Å². The van der Waals surface area contributed by atoms with Crippen LogP contribution in [0.3, 0.4) is 0 Å². The van der Waals surface area contributed by atoms with Crippen molar-refractivity contribution in [3.05, 3.63) is 30.3 Å². The number of nitrogens with one attached hydrogen (secondary N) is 1. The van der Waals surface area contributed by atoms with Crippen molar-refractivity contribution in [2.45, 2.75) is 6.92 Å². The quantitative estimate of drug-likeness (QED) is 0.600. The second-order valence-corrected chi connectivity index (χ2v) is 3.94. The minimum atomic E-state index is -0.161. The third-order valence-electron chi connectivity index (χ3n) is 1.42. The Morgan fingerprint density at radius 2 is 2.00 bits per heavy atom. The van der Waals surface area contributed by atoms with E-state index in [-0.39, 0.29) is 9.68 Å². The van der Waals surface area contributed by atoms with Gasteiger partial charge in [-0.05, 0) is 6.54 Å². The van der Waals surface area contributed by atoms with E-state index in [4.69, 9.17) is 0 Å². The summed E-state index contributed by atoms with van der Waals surface area (Å²) in [6.45, 7) is 3.25. The zero-order valence-electron chi connectivity index (χ0n) is 6.30. The number of rotatable bonds is 3. The molecule has 0 aliphatic heterocycles. The molecule has 0 atom stereocenters. The monoisotopic (exact) mass is 151 g/mol. The molecule has 54 valence electrons. The largest absolute Gasteiger partial charge is 0.339 e. The van der Waals surface area contributed by atoms with Crippen LogP contribution >= 0.6 is 0 Å². The topological polar surface area (TPSA) is 12.0 Å². The van der Waals surface area contributed by atoms with Gasteiger partial charge in [-0.1, -0.05) is 42.4 Å². The zero-order valence-corrected chi connectivity index (χ0v) is 7.72. The van der Waals surface area contributed by atoms with Gasteiger partial charge in [-0.25, -0.2) is 0 Å². The lowest BCUT2D eigenvalue weighted by molar-refractivity contribution is 1.01. The van der Waals surface area contributed by atoms with E-state index in [1.165, 1.54) is 5.19 Å². The van der Waals surface area contributed by atoms with Gasteiger partial charge in [0, 0.05) is 0 Å². The van der Waals surface area contributed by atoms with Crippen molar-refractivity contribution in [1.82, 2.24) is 4.98 Å². The van der Waals surface area contributed by atoms with E-state index < -0.39 is 0 Å². The molecule has 1 aromatic carbocycles. The minimum Gasteiger partial charge on any atom is -0.339 e. The van der Waals surface area contributed by atoms with Gasteiger partial charge >= 0.3 is 0 Å². The first-order chi connectivity index (χ1) is 4.93. The number of benzene rings is 1. The fourth-order valence-electron chi connectivity index (χ4n) is 0.865. The molecule has 0 saturated heterocycles. The summed E-state index contributed by atoms with van der Waals surface area (Å²) < 4.78 is 0. The van der Waals surface area contributed by atoms with E-state index in [9.17, 15) is 0 Å². The molecule has 0 aromatic heterocycles. The van der Waals surface area contributed by atoms with Crippen LogP contribution in [0.1, 0.15) is 6.92 Å². The van der Waals surface area contributed by atoms with E-state index in [1.807, 2.05) is 0 Å². The summed E-state index contributed by atoms with van der Waals surface area (Å²) >= 11 is 0. The lowest BCUT2D eigenvalue weighted by atomic mass is 10.4. The maximum Gasteiger partial charge on any atom is 0.124 e. The van der Waals surface area contributed by atoms with E-state index in [1.54, 1.807) is 0 Å². The molecule has 1 nitrogen and oxygen atoms in total. The van der Waals surface area contributed by atoms with Crippen LogP contribution in [0.4, 0.5) is 0 Å². The molecule has 0 heterocycles. The van der Waals surface area contributed by atoms with Crippen LogP contribution in [0.25, 0.3) is 0 Å². The van der Waals surface area contributed by atoms with Crippen molar-refractivity contribution in [2.24, 2.45) is 0 Å². The van der Waals surface area contributed by atoms with Crippen molar-refractivity contribution in [2.75, 3.05) is 6.54 Å². The van der Waals surface area contributed by atoms with E-state index in [0.717, 1.165) is 6.54 Å². The predicted molar refractivity (Wildman–Crippen MR) is 48.3 cm³/mol. The number of hydrogen-bond donors (Lipinski definition) is 1. The van der Waals surface area contributed by atoms with Crippen LogP contribution in [-0.2, 0) is 0 Å². The van der Waals surface area contributed by atoms with E-state index >= 15 is 0 Å². The third-order valence-corrected chi connectivity index (χ3v) is 3.05. The number of hydrogen-bond acceptors (Lipinski definition) is 1. The highest BCUT2D eigenvalue weighted by molar-refractivity contribution is 6.50. The average molecular weight is 151 g/mol. The lowest BCUT2D eigenvalue weighted by Crippen LogP contribution is -2.29. The summed E-state index contributed by atoms with van der Waals surface area (Å²) in [6, 6.07) is 10.6. The van der Waals surface area contributed by atoms with Gasteiger partial charge in [-0.3, -0.25) is 0 Å². The second kappa shape index (κ2) is 4.25. The standard InChI is InChI=1S/C8H13NSi/c1-2-9-10-8-6-4-3-5-7-8/h3-7,9H,2,10H2,1H3. The SMILES string of the molecule is CCN[SiH2]c1ccccc1.